The summed E-state index contributed by atoms with van der Waals surface area (Å²) in [6.07, 6.45) is 1.75. The summed E-state index contributed by atoms with van der Waals surface area (Å²) in [7, 11) is 0. The highest BCUT2D eigenvalue weighted by molar-refractivity contribution is 6.30. The minimum absolute atomic E-state index is 0.0582. The fraction of sp³-hybridized carbons (Fsp3) is 0.231. The molecule has 0 aliphatic carbocycles. The maximum Gasteiger partial charge on any atom is 0.256 e. The molecule has 0 unspecified atom stereocenters. The molecule has 0 bridgehead atoms. The molecule has 2 heterocycles. The van der Waals surface area contributed by atoms with Crippen LogP contribution in [0.15, 0.2) is 29.1 Å². The highest BCUT2D eigenvalue weighted by Gasteiger charge is 2.15. The van der Waals surface area contributed by atoms with Gasteiger partial charge >= 0.3 is 0 Å². The van der Waals surface area contributed by atoms with Crippen molar-refractivity contribution < 1.29 is 0 Å². The SMILES string of the molecule is O=c1[nH]c(-c2ccc(Cl)cc2)nc2c1CCCN2. The minimum Gasteiger partial charge on any atom is -0.370 e. The van der Waals surface area contributed by atoms with E-state index in [1.54, 1.807) is 12.1 Å². The van der Waals surface area contributed by atoms with Gasteiger partial charge in [-0.1, -0.05) is 11.6 Å². The Morgan fingerprint density at radius 2 is 2.00 bits per heavy atom. The number of hydrogen-bond donors (Lipinski definition) is 2. The number of H-pyrrole nitrogens is 1. The third-order valence-electron chi connectivity index (χ3n) is 3.03. The summed E-state index contributed by atoms with van der Waals surface area (Å²) in [5.74, 6) is 1.28. The molecule has 0 saturated heterocycles. The van der Waals surface area contributed by atoms with Crippen molar-refractivity contribution in [3.63, 3.8) is 0 Å². The smallest absolute Gasteiger partial charge is 0.256 e. The molecule has 0 spiro atoms. The first-order chi connectivity index (χ1) is 8.74. The van der Waals surface area contributed by atoms with Crippen LogP contribution in [-0.4, -0.2) is 16.5 Å². The third kappa shape index (κ3) is 1.99. The van der Waals surface area contributed by atoms with Crippen LogP contribution in [0.2, 0.25) is 5.02 Å². The molecule has 0 fully saturated rings. The summed E-state index contributed by atoms with van der Waals surface area (Å²) in [6, 6.07) is 7.25. The Kier molecular flexibility index (Phi) is 2.80. The fourth-order valence-corrected chi connectivity index (χ4v) is 2.22. The van der Waals surface area contributed by atoms with Gasteiger partial charge in [-0.25, -0.2) is 4.98 Å². The lowest BCUT2D eigenvalue weighted by atomic mass is 10.1. The number of nitrogens with one attached hydrogen (secondary N) is 2. The first kappa shape index (κ1) is 11.3. The van der Waals surface area contributed by atoms with E-state index in [9.17, 15) is 4.79 Å². The monoisotopic (exact) mass is 261 g/mol. The summed E-state index contributed by atoms with van der Waals surface area (Å²) in [6.45, 7) is 0.865. The average molecular weight is 262 g/mol. The molecule has 1 aromatic carbocycles. The molecule has 3 rings (SSSR count). The van der Waals surface area contributed by atoms with Crippen molar-refractivity contribution in [1.82, 2.24) is 9.97 Å². The average Bonchev–Trinajstić information content (AvgIpc) is 2.39. The second-order valence-electron chi connectivity index (χ2n) is 4.28. The minimum atomic E-state index is -0.0582. The van der Waals surface area contributed by atoms with Crippen LogP contribution in [0.5, 0.6) is 0 Å². The molecule has 1 aliphatic rings. The van der Waals surface area contributed by atoms with E-state index in [2.05, 4.69) is 15.3 Å². The van der Waals surface area contributed by atoms with Gasteiger partial charge in [0.15, 0.2) is 0 Å². The number of benzene rings is 1. The first-order valence-corrected chi connectivity index (χ1v) is 6.25. The lowest BCUT2D eigenvalue weighted by molar-refractivity contribution is 0.800. The highest BCUT2D eigenvalue weighted by Crippen LogP contribution is 2.21. The predicted molar refractivity (Wildman–Crippen MR) is 72.1 cm³/mol. The van der Waals surface area contributed by atoms with Gasteiger partial charge in [-0.15, -0.1) is 0 Å². The third-order valence-corrected chi connectivity index (χ3v) is 3.28. The van der Waals surface area contributed by atoms with E-state index >= 15 is 0 Å². The summed E-state index contributed by atoms with van der Waals surface area (Å²) < 4.78 is 0. The standard InChI is InChI=1S/C13H12ClN3O/c14-9-5-3-8(4-6-9)11-16-12-10(13(18)17-11)2-1-7-15-12/h3-6H,1-2,7H2,(H2,15,16,17,18). The van der Waals surface area contributed by atoms with Crippen LogP contribution in [0.3, 0.4) is 0 Å². The molecule has 92 valence electrons. The zero-order chi connectivity index (χ0) is 12.5. The van der Waals surface area contributed by atoms with E-state index < -0.39 is 0 Å². The van der Waals surface area contributed by atoms with Gasteiger partial charge in [0.1, 0.15) is 11.6 Å². The second-order valence-corrected chi connectivity index (χ2v) is 4.72. The zero-order valence-electron chi connectivity index (χ0n) is 9.66. The maximum absolute atomic E-state index is 12.0. The number of aromatic amines is 1. The number of rotatable bonds is 1. The summed E-state index contributed by atoms with van der Waals surface area (Å²) >= 11 is 5.84. The highest BCUT2D eigenvalue weighted by atomic mass is 35.5. The van der Waals surface area contributed by atoms with Crippen molar-refractivity contribution in [2.45, 2.75) is 12.8 Å². The van der Waals surface area contributed by atoms with E-state index in [0.29, 0.717) is 16.7 Å². The van der Waals surface area contributed by atoms with E-state index in [1.807, 2.05) is 12.1 Å². The normalized spacial score (nSPS) is 13.8. The summed E-state index contributed by atoms with van der Waals surface area (Å²) in [4.78, 5) is 19.2. The molecule has 4 nitrogen and oxygen atoms in total. The molecule has 5 heteroatoms. The van der Waals surface area contributed by atoms with Crippen LogP contribution in [0.4, 0.5) is 5.82 Å². The number of nitrogens with zero attached hydrogens (tertiary/aromatic N) is 1. The molecule has 0 saturated carbocycles. The summed E-state index contributed by atoms with van der Waals surface area (Å²) in [5.41, 5.74) is 1.54. The largest absolute Gasteiger partial charge is 0.370 e. The molecule has 2 aromatic rings. The molecule has 1 aromatic heterocycles. The maximum atomic E-state index is 12.0. The summed E-state index contributed by atoms with van der Waals surface area (Å²) in [5, 5.41) is 3.83. The number of anilines is 1. The Bertz CT molecular complexity index is 634. The van der Waals surface area contributed by atoms with Crippen LogP contribution in [0.25, 0.3) is 11.4 Å². The number of aromatic nitrogens is 2. The lowest BCUT2D eigenvalue weighted by Gasteiger charge is -2.16. The van der Waals surface area contributed by atoms with Crippen molar-refractivity contribution in [3.05, 3.63) is 45.2 Å². The van der Waals surface area contributed by atoms with Gasteiger partial charge < -0.3 is 10.3 Å². The first-order valence-electron chi connectivity index (χ1n) is 5.87. The molecular weight excluding hydrogens is 250 g/mol. The topological polar surface area (TPSA) is 57.8 Å². The van der Waals surface area contributed by atoms with Crippen LogP contribution < -0.4 is 10.9 Å². The fourth-order valence-electron chi connectivity index (χ4n) is 2.09. The Morgan fingerprint density at radius 1 is 1.22 bits per heavy atom. The molecular formula is C13H12ClN3O. The van der Waals surface area contributed by atoms with Crippen molar-refractivity contribution in [2.24, 2.45) is 0 Å². The van der Waals surface area contributed by atoms with Gasteiger partial charge in [0.05, 0.1) is 5.56 Å². The van der Waals surface area contributed by atoms with Crippen LogP contribution in [0.1, 0.15) is 12.0 Å². The number of fused-ring (bicyclic) bond motifs is 1. The molecule has 1 aliphatic heterocycles. The number of hydrogen-bond acceptors (Lipinski definition) is 3. The van der Waals surface area contributed by atoms with Crippen LogP contribution in [0, 0.1) is 0 Å². The van der Waals surface area contributed by atoms with Crippen molar-refractivity contribution in [1.29, 1.82) is 0 Å². The molecule has 2 N–H and O–H groups in total. The lowest BCUT2D eigenvalue weighted by Crippen LogP contribution is -2.24. The van der Waals surface area contributed by atoms with Crippen LogP contribution in [-0.2, 0) is 6.42 Å². The van der Waals surface area contributed by atoms with Crippen molar-refractivity contribution in [2.75, 3.05) is 11.9 Å². The molecule has 0 amide bonds. The van der Waals surface area contributed by atoms with Crippen molar-refractivity contribution >= 4 is 17.4 Å². The Balaban J connectivity index is 2.11. The van der Waals surface area contributed by atoms with Crippen LogP contribution >= 0.6 is 11.6 Å². The Labute approximate surface area is 109 Å². The van der Waals surface area contributed by atoms with E-state index in [4.69, 9.17) is 11.6 Å². The van der Waals surface area contributed by atoms with E-state index in [1.165, 1.54) is 0 Å². The van der Waals surface area contributed by atoms with E-state index in [0.717, 1.165) is 30.5 Å². The zero-order valence-corrected chi connectivity index (χ0v) is 10.4. The molecule has 0 atom stereocenters. The predicted octanol–water partition coefficient (Wildman–Crippen LogP) is 2.45. The second kappa shape index (κ2) is 4.46. The number of halogens is 1. The molecule has 0 radical (unpaired) electrons. The van der Waals surface area contributed by atoms with Gasteiger partial charge in [-0.05, 0) is 37.1 Å². The van der Waals surface area contributed by atoms with Gasteiger partial charge in [0.2, 0.25) is 0 Å². The van der Waals surface area contributed by atoms with Gasteiger partial charge in [-0.2, -0.15) is 0 Å². The quantitative estimate of drug-likeness (QED) is 0.829. The Morgan fingerprint density at radius 3 is 2.78 bits per heavy atom. The van der Waals surface area contributed by atoms with Gasteiger partial charge in [0, 0.05) is 17.1 Å². The van der Waals surface area contributed by atoms with Crippen molar-refractivity contribution in [3.8, 4) is 11.4 Å². The molecule has 18 heavy (non-hydrogen) atoms. The van der Waals surface area contributed by atoms with E-state index in [-0.39, 0.29) is 5.56 Å². The Hall–Kier alpha value is -1.81. The van der Waals surface area contributed by atoms with Gasteiger partial charge in [0.25, 0.3) is 5.56 Å². The van der Waals surface area contributed by atoms with Gasteiger partial charge in [-0.3, -0.25) is 4.79 Å².